The van der Waals surface area contributed by atoms with Gasteiger partial charge in [-0.25, -0.2) is 0 Å². The molecule has 1 rings (SSSR count). The summed E-state index contributed by atoms with van der Waals surface area (Å²) in [7, 11) is 3.22. The molecule has 0 saturated heterocycles. The van der Waals surface area contributed by atoms with Crippen molar-refractivity contribution in [2.24, 2.45) is 0 Å². The summed E-state index contributed by atoms with van der Waals surface area (Å²) < 4.78 is 15.8. The van der Waals surface area contributed by atoms with Gasteiger partial charge in [-0.05, 0) is 31.5 Å². The maximum atomic E-state index is 12.2. The van der Waals surface area contributed by atoms with E-state index >= 15 is 0 Å². The summed E-state index contributed by atoms with van der Waals surface area (Å²) >= 11 is 0. The SMILES string of the molecule is CCCOCc1cc(C(=O)N[C@H](C)COC)ccc1OC. The number of amides is 1. The monoisotopic (exact) mass is 295 g/mol. The molecule has 1 aromatic carbocycles. The van der Waals surface area contributed by atoms with Gasteiger partial charge in [0.2, 0.25) is 0 Å². The largest absolute Gasteiger partial charge is 0.496 e. The molecule has 118 valence electrons. The Morgan fingerprint density at radius 3 is 2.71 bits per heavy atom. The van der Waals surface area contributed by atoms with Crippen LogP contribution in [0.1, 0.15) is 36.2 Å². The first kappa shape index (κ1) is 17.5. The summed E-state index contributed by atoms with van der Waals surface area (Å²) in [5.74, 6) is 0.603. The van der Waals surface area contributed by atoms with Gasteiger partial charge in [0.1, 0.15) is 5.75 Å². The lowest BCUT2D eigenvalue weighted by atomic mass is 10.1. The molecule has 0 aliphatic heterocycles. The van der Waals surface area contributed by atoms with Crippen LogP contribution in [0.25, 0.3) is 0 Å². The summed E-state index contributed by atoms with van der Waals surface area (Å²) in [6, 6.07) is 5.31. The molecule has 0 unspecified atom stereocenters. The molecular weight excluding hydrogens is 270 g/mol. The average Bonchev–Trinajstić information content (AvgIpc) is 2.47. The predicted molar refractivity (Wildman–Crippen MR) is 81.7 cm³/mol. The van der Waals surface area contributed by atoms with Gasteiger partial charge in [0, 0.05) is 30.9 Å². The molecule has 0 fully saturated rings. The van der Waals surface area contributed by atoms with Crippen molar-refractivity contribution in [3.05, 3.63) is 29.3 Å². The minimum atomic E-state index is -0.126. The summed E-state index contributed by atoms with van der Waals surface area (Å²) in [5, 5.41) is 2.88. The van der Waals surface area contributed by atoms with Crippen LogP contribution in [0.3, 0.4) is 0 Å². The molecule has 1 aromatic rings. The van der Waals surface area contributed by atoms with Gasteiger partial charge < -0.3 is 19.5 Å². The Morgan fingerprint density at radius 2 is 2.10 bits per heavy atom. The fourth-order valence-corrected chi connectivity index (χ4v) is 1.96. The second-order valence-electron chi connectivity index (χ2n) is 4.91. The molecule has 21 heavy (non-hydrogen) atoms. The third kappa shape index (κ3) is 5.73. The Hall–Kier alpha value is -1.59. The minimum Gasteiger partial charge on any atom is -0.496 e. The molecule has 0 spiro atoms. The zero-order valence-electron chi connectivity index (χ0n) is 13.3. The smallest absolute Gasteiger partial charge is 0.251 e. The molecule has 0 bridgehead atoms. The summed E-state index contributed by atoms with van der Waals surface area (Å²) in [4.78, 5) is 12.2. The van der Waals surface area contributed by atoms with E-state index in [0.29, 0.717) is 25.4 Å². The molecule has 1 atom stereocenters. The summed E-state index contributed by atoms with van der Waals surface area (Å²) in [5.41, 5.74) is 1.46. The van der Waals surface area contributed by atoms with Gasteiger partial charge in [-0.2, -0.15) is 0 Å². The minimum absolute atomic E-state index is 0.0376. The first-order valence-electron chi connectivity index (χ1n) is 7.16. The Bertz CT molecular complexity index is 448. The first-order chi connectivity index (χ1) is 10.1. The van der Waals surface area contributed by atoms with Crippen LogP contribution in [0, 0.1) is 0 Å². The first-order valence-corrected chi connectivity index (χ1v) is 7.16. The van der Waals surface area contributed by atoms with Crippen LogP contribution in [0.15, 0.2) is 18.2 Å². The Kier molecular flexibility index (Phi) is 7.79. The van der Waals surface area contributed by atoms with Crippen molar-refractivity contribution >= 4 is 5.91 Å². The second kappa shape index (κ2) is 9.37. The van der Waals surface area contributed by atoms with Crippen LogP contribution in [0.4, 0.5) is 0 Å². The number of carbonyl (C=O) groups is 1. The molecule has 0 aliphatic rings. The summed E-state index contributed by atoms with van der Waals surface area (Å²) in [6.07, 6.45) is 0.955. The van der Waals surface area contributed by atoms with Crippen molar-refractivity contribution in [1.29, 1.82) is 0 Å². The van der Waals surface area contributed by atoms with Crippen LogP contribution in [-0.2, 0) is 16.1 Å². The Labute approximate surface area is 126 Å². The van der Waals surface area contributed by atoms with Crippen LogP contribution in [-0.4, -0.2) is 39.4 Å². The maximum Gasteiger partial charge on any atom is 0.251 e. The molecule has 1 N–H and O–H groups in total. The van der Waals surface area contributed by atoms with E-state index in [2.05, 4.69) is 12.2 Å². The van der Waals surface area contributed by atoms with Gasteiger partial charge in [0.15, 0.2) is 0 Å². The molecule has 1 amide bonds. The second-order valence-corrected chi connectivity index (χ2v) is 4.91. The van der Waals surface area contributed by atoms with Crippen molar-refractivity contribution < 1.29 is 19.0 Å². The van der Waals surface area contributed by atoms with E-state index in [1.54, 1.807) is 26.4 Å². The fourth-order valence-electron chi connectivity index (χ4n) is 1.96. The Morgan fingerprint density at radius 1 is 1.33 bits per heavy atom. The normalized spacial score (nSPS) is 12.0. The highest BCUT2D eigenvalue weighted by molar-refractivity contribution is 5.94. The van der Waals surface area contributed by atoms with E-state index in [9.17, 15) is 4.79 Å². The molecule has 5 heteroatoms. The highest BCUT2D eigenvalue weighted by atomic mass is 16.5. The van der Waals surface area contributed by atoms with Gasteiger partial charge in [-0.3, -0.25) is 4.79 Å². The number of carbonyl (C=O) groups excluding carboxylic acids is 1. The molecule has 0 aromatic heterocycles. The zero-order chi connectivity index (χ0) is 15.7. The van der Waals surface area contributed by atoms with Gasteiger partial charge in [0.25, 0.3) is 5.91 Å². The highest BCUT2D eigenvalue weighted by Gasteiger charge is 2.12. The number of methoxy groups -OCH3 is 2. The number of rotatable bonds is 9. The van der Waals surface area contributed by atoms with Gasteiger partial charge in [0.05, 0.1) is 20.3 Å². The van der Waals surface area contributed by atoms with E-state index in [1.165, 1.54) is 0 Å². The van der Waals surface area contributed by atoms with Crippen LogP contribution in [0.5, 0.6) is 5.75 Å². The van der Waals surface area contributed by atoms with E-state index in [-0.39, 0.29) is 11.9 Å². The van der Waals surface area contributed by atoms with Crippen molar-refractivity contribution in [3.63, 3.8) is 0 Å². The van der Waals surface area contributed by atoms with Gasteiger partial charge in [-0.1, -0.05) is 6.92 Å². The lowest BCUT2D eigenvalue weighted by Crippen LogP contribution is -2.35. The molecule has 0 saturated carbocycles. The number of ether oxygens (including phenoxy) is 3. The van der Waals surface area contributed by atoms with Crippen molar-refractivity contribution in [2.45, 2.75) is 32.9 Å². The lowest BCUT2D eigenvalue weighted by molar-refractivity contribution is 0.0904. The van der Waals surface area contributed by atoms with E-state index in [0.717, 1.165) is 17.7 Å². The fraction of sp³-hybridized carbons (Fsp3) is 0.562. The van der Waals surface area contributed by atoms with E-state index < -0.39 is 0 Å². The van der Waals surface area contributed by atoms with Crippen LogP contribution < -0.4 is 10.1 Å². The number of benzene rings is 1. The predicted octanol–water partition coefficient (Wildman–Crippen LogP) is 2.39. The molecule has 5 nitrogen and oxygen atoms in total. The lowest BCUT2D eigenvalue weighted by Gasteiger charge is -2.14. The van der Waals surface area contributed by atoms with E-state index in [4.69, 9.17) is 14.2 Å². The summed E-state index contributed by atoms with van der Waals surface area (Å²) in [6.45, 7) is 5.55. The molecular formula is C16H25NO4. The van der Waals surface area contributed by atoms with Crippen molar-refractivity contribution in [2.75, 3.05) is 27.4 Å². The standard InChI is InChI=1S/C16H25NO4/c1-5-8-21-11-14-9-13(6-7-15(14)20-4)16(18)17-12(2)10-19-3/h6-7,9,12H,5,8,10-11H2,1-4H3,(H,17,18)/t12-/m1/s1. The maximum absolute atomic E-state index is 12.2. The molecule has 0 radical (unpaired) electrons. The van der Waals surface area contributed by atoms with E-state index in [1.807, 2.05) is 13.0 Å². The topological polar surface area (TPSA) is 56.8 Å². The average molecular weight is 295 g/mol. The van der Waals surface area contributed by atoms with Crippen molar-refractivity contribution in [1.82, 2.24) is 5.32 Å². The molecule has 0 aliphatic carbocycles. The highest BCUT2D eigenvalue weighted by Crippen LogP contribution is 2.21. The van der Waals surface area contributed by atoms with Crippen LogP contribution >= 0.6 is 0 Å². The van der Waals surface area contributed by atoms with Gasteiger partial charge >= 0.3 is 0 Å². The Balaban J connectivity index is 2.78. The quantitative estimate of drug-likeness (QED) is 0.711. The zero-order valence-corrected chi connectivity index (χ0v) is 13.3. The van der Waals surface area contributed by atoms with Crippen LogP contribution in [0.2, 0.25) is 0 Å². The number of nitrogens with one attached hydrogen (secondary N) is 1. The van der Waals surface area contributed by atoms with Gasteiger partial charge in [-0.15, -0.1) is 0 Å². The third-order valence-corrected chi connectivity index (χ3v) is 2.94. The molecule has 0 heterocycles. The number of hydrogen-bond acceptors (Lipinski definition) is 4. The third-order valence-electron chi connectivity index (χ3n) is 2.94. The van der Waals surface area contributed by atoms with Crippen molar-refractivity contribution in [3.8, 4) is 5.75 Å². The number of hydrogen-bond donors (Lipinski definition) is 1.